The molecule has 0 unspecified atom stereocenters. The van der Waals surface area contributed by atoms with Crippen LogP contribution in [0.3, 0.4) is 0 Å². The Hall–Kier alpha value is -3.21. The fourth-order valence-corrected chi connectivity index (χ4v) is 3.26. The lowest BCUT2D eigenvalue weighted by molar-refractivity contribution is -0.385. The third-order valence-electron chi connectivity index (χ3n) is 3.93. The highest BCUT2D eigenvalue weighted by atomic mass is 32.2. The van der Waals surface area contributed by atoms with E-state index in [0.29, 0.717) is 22.2 Å². The first kappa shape index (κ1) is 19.5. The number of thioether (sulfide) groups is 1. The van der Waals surface area contributed by atoms with E-state index in [9.17, 15) is 14.9 Å². The minimum Gasteiger partial charge on any atom is -0.490 e. The predicted molar refractivity (Wildman–Crippen MR) is 104 cm³/mol. The Morgan fingerprint density at radius 3 is 2.71 bits per heavy atom. The van der Waals surface area contributed by atoms with Crippen molar-refractivity contribution in [3.05, 3.63) is 45.3 Å². The predicted octanol–water partition coefficient (Wildman–Crippen LogP) is 2.70. The number of rotatable bonds is 6. The summed E-state index contributed by atoms with van der Waals surface area (Å²) in [5, 5.41) is 18.6. The molecule has 11 heteroatoms. The molecule has 0 aliphatic carbocycles. The maximum atomic E-state index is 12.3. The van der Waals surface area contributed by atoms with Crippen molar-refractivity contribution in [1.29, 1.82) is 0 Å². The summed E-state index contributed by atoms with van der Waals surface area (Å²) in [4.78, 5) is 31.5. The van der Waals surface area contributed by atoms with Crippen LogP contribution in [0.1, 0.15) is 17.0 Å². The van der Waals surface area contributed by atoms with Gasteiger partial charge < -0.3 is 10.1 Å². The summed E-state index contributed by atoms with van der Waals surface area (Å²) >= 11 is 1.18. The number of aryl methyl sites for hydroxylation is 3. The summed E-state index contributed by atoms with van der Waals surface area (Å²) in [5.74, 6) is 0.353. The van der Waals surface area contributed by atoms with Gasteiger partial charge in [0.05, 0.1) is 17.8 Å². The van der Waals surface area contributed by atoms with Crippen molar-refractivity contribution in [2.24, 2.45) is 0 Å². The van der Waals surface area contributed by atoms with Crippen molar-refractivity contribution < 1.29 is 14.5 Å². The smallest absolute Gasteiger partial charge is 0.311 e. The Labute approximate surface area is 164 Å². The first-order valence-corrected chi connectivity index (χ1v) is 9.23. The second-order valence-corrected chi connectivity index (χ2v) is 7.02. The topological polar surface area (TPSA) is 125 Å². The highest BCUT2D eigenvalue weighted by Gasteiger charge is 2.18. The molecule has 1 amide bonds. The number of methoxy groups -OCH3 is 1. The van der Waals surface area contributed by atoms with Crippen molar-refractivity contribution >= 4 is 34.8 Å². The first-order valence-electron chi connectivity index (χ1n) is 8.25. The van der Waals surface area contributed by atoms with Gasteiger partial charge in [0, 0.05) is 29.2 Å². The Bertz CT molecular complexity index is 1080. The SMILES string of the molecule is COc1cc(NC(=O)CSc2nc3nc(C)cc(C)n3n2)c(C)cc1[N+](=O)[O-]. The first-order chi connectivity index (χ1) is 13.3. The van der Waals surface area contributed by atoms with Crippen molar-refractivity contribution in [2.45, 2.75) is 25.9 Å². The van der Waals surface area contributed by atoms with Crippen LogP contribution in [0.15, 0.2) is 23.4 Å². The van der Waals surface area contributed by atoms with Gasteiger partial charge in [-0.15, -0.1) is 5.10 Å². The number of nitrogens with one attached hydrogen (secondary N) is 1. The molecular weight excluding hydrogens is 384 g/mol. The van der Waals surface area contributed by atoms with Gasteiger partial charge in [-0.3, -0.25) is 14.9 Å². The molecule has 10 nitrogen and oxygen atoms in total. The summed E-state index contributed by atoms with van der Waals surface area (Å²) in [6, 6.07) is 4.70. The van der Waals surface area contributed by atoms with Crippen LogP contribution >= 0.6 is 11.8 Å². The number of carbonyl (C=O) groups is 1. The lowest BCUT2D eigenvalue weighted by atomic mass is 10.1. The van der Waals surface area contributed by atoms with Gasteiger partial charge in [-0.25, -0.2) is 9.50 Å². The third-order valence-corrected chi connectivity index (χ3v) is 4.77. The van der Waals surface area contributed by atoms with Crippen LogP contribution in [-0.4, -0.2) is 43.3 Å². The van der Waals surface area contributed by atoms with Crippen LogP contribution in [0.25, 0.3) is 5.78 Å². The van der Waals surface area contributed by atoms with Gasteiger partial charge in [-0.1, -0.05) is 11.8 Å². The van der Waals surface area contributed by atoms with Gasteiger partial charge in [0.1, 0.15) is 0 Å². The molecule has 0 spiro atoms. The minimum absolute atomic E-state index is 0.0770. The average Bonchev–Trinajstić information content (AvgIpc) is 3.04. The maximum absolute atomic E-state index is 12.3. The molecule has 2 heterocycles. The largest absolute Gasteiger partial charge is 0.490 e. The fourth-order valence-electron chi connectivity index (χ4n) is 2.64. The molecule has 0 radical (unpaired) electrons. The van der Waals surface area contributed by atoms with E-state index in [4.69, 9.17) is 4.74 Å². The van der Waals surface area contributed by atoms with E-state index in [1.165, 1.54) is 31.0 Å². The van der Waals surface area contributed by atoms with E-state index in [1.807, 2.05) is 19.9 Å². The average molecular weight is 402 g/mol. The van der Waals surface area contributed by atoms with Crippen LogP contribution < -0.4 is 10.1 Å². The van der Waals surface area contributed by atoms with Gasteiger partial charge >= 0.3 is 5.69 Å². The number of nitro benzene ring substituents is 1. The van der Waals surface area contributed by atoms with Crippen molar-refractivity contribution in [1.82, 2.24) is 19.6 Å². The zero-order valence-corrected chi connectivity index (χ0v) is 16.5. The minimum atomic E-state index is -0.528. The molecule has 0 aliphatic rings. The molecule has 1 aromatic carbocycles. The van der Waals surface area contributed by atoms with Gasteiger partial charge in [-0.05, 0) is 32.4 Å². The Kier molecular flexibility index (Phi) is 5.45. The molecule has 3 aromatic rings. The molecule has 3 rings (SSSR count). The van der Waals surface area contributed by atoms with Crippen molar-refractivity contribution in [3.8, 4) is 5.75 Å². The molecule has 0 saturated heterocycles. The van der Waals surface area contributed by atoms with E-state index in [-0.39, 0.29) is 23.1 Å². The number of carbonyl (C=O) groups excluding carboxylic acids is 1. The molecular formula is C17H18N6O4S. The Morgan fingerprint density at radius 2 is 2.04 bits per heavy atom. The van der Waals surface area contributed by atoms with E-state index < -0.39 is 4.92 Å². The number of hydrogen-bond donors (Lipinski definition) is 1. The number of aromatic nitrogens is 4. The summed E-state index contributed by atoms with van der Waals surface area (Å²) in [6.45, 7) is 5.46. The number of hydrogen-bond acceptors (Lipinski definition) is 8. The third kappa shape index (κ3) is 4.03. The van der Waals surface area contributed by atoms with Gasteiger partial charge in [0.2, 0.25) is 11.1 Å². The van der Waals surface area contributed by atoms with Gasteiger partial charge in [0.15, 0.2) is 5.75 Å². The lowest BCUT2D eigenvalue weighted by Crippen LogP contribution is -2.15. The second-order valence-electron chi connectivity index (χ2n) is 6.08. The number of ether oxygens (including phenoxy) is 1. The van der Waals surface area contributed by atoms with Crippen molar-refractivity contribution in [3.63, 3.8) is 0 Å². The molecule has 0 atom stereocenters. The summed E-state index contributed by atoms with van der Waals surface area (Å²) in [7, 11) is 1.34. The highest BCUT2D eigenvalue weighted by Crippen LogP contribution is 2.32. The Morgan fingerprint density at radius 1 is 1.29 bits per heavy atom. The van der Waals surface area contributed by atoms with Crippen molar-refractivity contribution in [2.75, 3.05) is 18.2 Å². The van der Waals surface area contributed by atoms with E-state index in [2.05, 4.69) is 20.4 Å². The molecule has 0 saturated carbocycles. The van der Waals surface area contributed by atoms with Crippen LogP contribution in [0, 0.1) is 30.9 Å². The number of fused-ring (bicyclic) bond motifs is 1. The standard InChI is InChI=1S/C17H18N6O4S/c1-9-5-13(23(25)26)14(27-4)7-12(9)19-15(24)8-28-17-20-16-18-10(2)6-11(3)22(16)21-17/h5-7H,8H2,1-4H3,(H,19,24). The summed E-state index contributed by atoms with van der Waals surface area (Å²) in [5.41, 5.74) is 2.60. The number of nitrogens with zero attached hydrogens (tertiary/aromatic N) is 5. The van der Waals surface area contributed by atoms with Crippen LogP contribution in [0.2, 0.25) is 0 Å². The number of anilines is 1. The van der Waals surface area contributed by atoms with E-state index in [0.717, 1.165) is 11.4 Å². The molecule has 0 fully saturated rings. The zero-order chi connectivity index (χ0) is 20.4. The molecule has 146 valence electrons. The Balaban J connectivity index is 1.71. The molecule has 0 aliphatic heterocycles. The maximum Gasteiger partial charge on any atom is 0.311 e. The van der Waals surface area contributed by atoms with Crippen LogP contribution in [0.5, 0.6) is 5.75 Å². The highest BCUT2D eigenvalue weighted by molar-refractivity contribution is 7.99. The number of amides is 1. The monoisotopic (exact) mass is 402 g/mol. The van der Waals surface area contributed by atoms with Gasteiger partial charge in [0.25, 0.3) is 5.78 Å². The zero-order valence-electron chi connectivity index (χ0n) is 15.7. The van der Waals surface area contributed by atoms with Crippen LogP contribution in [0.4, 0.5) is 11.4 Å². The summed E-state index contributed by atoms with van der Waals surface area (Å²) in [6.07, 6.45) is 0. The van der Waals surface area contributed by atoms with Crippen LogP contribution in [-0.2, 0) is 4.79 Å². The van der Waals surface area contributed by atoms with Gasteiger partial charge in [-0.2, -0.15) is 4.98 Å². The van der Waals surface area contributed by atoms with E-state index >= 15 is 0 Å². The molecule has 0 bridgehead atoms. The number of nitro groups is 1. The molecule has 2 aromatic heterocycles. The molecule has 28 heavy (non-hydrogen) atoms. The number of benzene rings is 1. The summed E-state index contributed by atoms with van der Waals surface area (Å²) < 4.78 is 6.66. The fraction of sp³-hybridized carbons (Fsp3) is 0.294. The normalized spacial score (nSPS) is 10.9. The molecule has 1 N–H and O–H groups in total. The van der Waals surface area contributed by atoms with E-state index in [1.54, 1.807) is 11.4 Å². The quantitative estimate of drug-likeness (QED) is 0.379. The second kappa shape index (κ2) is 7.80. The lowest BCUT2D eigenvalue weighted by Gasteiger charge is -2.10.